The molecule has 4 rings (SSSR count). The number of benzene rings is 2. The molecule has 1 saturated heterocycles. The average molecular weight is 502 g/mol. The lowest BCUT2D eigenvalue weighted by atomic mass is 9.96. The third kappa shape index (κ3) is 5.21. The molecule has 188 valence electrons. The predicted molar refractivity (Wildman–Crippen MR) is 122 cm³/mol. The van der Waals surface area contributed by atoms with Crippen LogP contribution in [0.3, 0.4) is 0 Å². The highest BCUT2D eigenvalue weighted by Crippen LogP contribution is 2.32. The van der Waals surface area contributed by atoms with Crippen molar-refractivity contribution in [3.05, 3.63) is 59.3 Å². The number of rotatable bonds is 5. The van der Waals surface area contributed by atoms with E-state index in [0.717, 1.165) is 25.3 Å². The second-order valence-corrected chi connectivity index (χ2v) is 8.22. The van der Waals surface area contributed by atoms with E-state index in [1.165, 1.54) is 0 Å². The molecule has 36 heavy (non-hydrogen) atoms. The van der Waals surface area contributed by atoms with Gasteiger partial charge in [0.15, 0.2) is 11.5 Å². The molecule has 3 aromatic rings. The molecule has 2 aromatic carbocycles. The molecule has 1 fully saturated rings. The highest BCUT2D eigenvalue weighted by molar-refractivity contribution is 5.97. The standard InChI is InChI=1S/C24H21F3N4O5/c1-36-23(35)19-20(30-18-12-15(24(25,26)27)4-7-17(18)29-19)28-16-5-2-13(3-6-16)21(32)31-10-8-14(9-11-31)22(33)34/h2-7,12,14H,8-11H2,1H3,(H,28,30)(H,33,34). The minimum absolute atomic E-state index is 0.0726. The first-order valence-electron chi connectivity index (χ1n) is 10.9. The number of amides is 1. The number of carbonyl (C=O) groups excluding carboxylic acids is 2. The molecule has 2 heterocycles. The number of halogens is 3. The molecule has 0 aliphatic carbocycles. The van der Waals surface area contributed by atoms with Crippen LogP contribution >= 0.6 is 0 Å². The minimum Gasteiger partial charge on any atom is -0.481 e. The maximum atomic E-state index is 13.1. The number of piperidine rings is 1. The fourth-order valence-corrected chi connectivity index (χ4v) is 3.90. The maximum absolute atomic E-state index is 13.1. The number of carboxylic acid groups (broad SMARTS) is 1. The van der Waals surface area contributed by atoms with E-state index in [2.05, 4.69) is 15.3 Å². The van der Waals surface area contributed by atoms with Crippen molar-refractivity contribution < 1.29 is 37.4 Å². The molecule has 1 aliphatic heterocycles. The normalized spacial score (nSPS) is 14.5. The molecule has 1 aliphatic rings. The van der Waals surface area contributed by atoms with Gasteiger partial charge >= 0.3 is 18.1 Å². The summed E-state index contributed by atoms with van der Waals surface area (Å²) in [6, 6.07) is 9.01. The zero-order valence-corrected chi connectivity index (χ0v) is 19.0. The Morgan fingerprint density at radius 1 is 1.03 bits per heavy atom. The summed E-state index contributed by atoms with van der Waals surface area (Å²) >= 11 is 0. The number of alkyl halides is 3. The van der Waals surface area contributed by atoms with Crippen LogP contribution in [0.1, 0.15) is 39.3 Å². The number of nitrogens with zero attached hydrogens (tertiary/aromatic N) is 3. The van der Waals surface area contributed by atoms with Crippen molar-refractivity contribution in [2.45, 2.75) is 19.0 Å². The minimum atomic E-state index is -4.57. The Balaban J connectivity index is 1.57. The summed E-state index contributed by atoms with van der Waals surface area (Å²) in [5, 5.41) is 12.0. The molecular weight excluding hydrogens is 481 g/mol. The number of methoxy groups -OCH3 is 1. The number of carboxylic acids is 1. The lowest BCUT2D eigenvalue weighted by molar-refractivity contribution is -0.143. The zero-order valence-electron chi connectivity index (χ0n) is 19.0. The van der Waals surface area contributed by atoms with Gasteiger partial charge in [-0.05, 0) is 55.3 Å². The van der Waals surface area contributed by atoms with Crippen molar-refractivity contribution >= 4 is 40.4 Å². The number of aliphatic carboxylic acids is 1. The summed E-state index contributed by atoms with van der Waals surface area (Å²) in [5.74, 6) is -2.51. The fourth-order valence-electron chi connectivity index (χ4n) is 3.90. The number of nitrogens with one attached hydrogen (secondary N) is 1. The predicted octanol–water partition coefficient (Wildman–Crippen LogP) is 4.12. The van der Waals surface area contributed by atoms with Gasteiger partial charge in [0.25, 0.3) is 5.91 Å². The Kier molecular flexibility index (Phi) is 6.77. The van der Waals surface area contributed by atoms with Crippen LogP contribution in [0.2, 0.25) is 0 Å². The number of anilines is 2. The van der Waals surface area contributed by atoms with Crippen molar-refractivity contribution in [3.63, 3.8) is 0 Å². The monoisotopic (exact) mass is 502 g/mol. The molecular formula is C24H21F3N4O5. The molecule has 0 bridgehead atoms. The molecule has 0 radical (unpaired) electrons. The van der Waals surface area contributed by atoms with E-state index in [1.807, 2.05) is 0 Å². The van der Waals surface area contributed by atoms with Gasteiger partial charge < -0.3 is 20.1 Å². The number of hydrogen-bond donors (Lipinski definition) is 2. The number of fused-ring (bicyclic) bond motifs is 1. The second kappa shape index (κ2) is 9.80. The van der Waals surface area contributed by atoms with Gasteiger partial charge in [-0.1, -0.05) is 0 Å². The van der Waals surface area contributed by atoms with E-state index in [-0.39, 0.29) is 28.5 Å². The number of carbonyl (C=O) groups is 3. The molecule has 2 N–H and O–H groups in total. The van der Waals surface area contributed by atoms with Crippen molar-refractivity contribution in [1.82, 2.24) is 14.9 Å². The molecule has 0 spiro atoms. The third-order valence-electron chi connectivity index (χ3n) is 5.90. The van der Waals surface area contributed by atoms with Crippen molar-refractivity contribution in [2.24, 2.45) is 5.92 Å². The summed E-state index contributed by atoms with van der Waals surface area (Å²) in [4.78, 5) is 46.0. The van der Waals surface area contributed by atoms with Gasteiger partial charge in [-0.15, -0.1) is 0 Å². The fraction of sp³-hybridized carbons (Fsp3) is 0.292. The Morgan fingerprint density at radius 2 is 1.69 bits per heavy atom. The summed E-state index contributed by atoms with van der Waals surface area (Å²) < 4.78 is 44.1. The number of hydrogen-bond acceptors (Lipinski definition) is 7. The van der Waals surface area contributed by atoms with E-state index in [4.69, 9.17) is 9.84 Å². The number of ether oxygens (including phenoxy) is 1. The topological polar surface area (TPSA) is 122 Å². The average Bonchev–Trinajstić information content (AvgIpc) is 2.87. The Labute approximate surface area is 202 Å². The van der Waals surface area contributed by atoms with E-state index < -0.39 is 29.6 Å². The number of esters is 1. The van der Waals surface area contributed by atoms with Crippen molar-refractivity contribution in [2.75, 3.05) is 25.5 Å². The van der Waals surface area contributed by atoms with Crippen LogP contribution in [0, 0.1) is 5.92 Å². The van der Waals surface area contributed by atoms with Gasteiger partial charge in [-0.25, -0.2) is 14.8 Å². The van der Waals surface area contributed by atoms with Crippen LogP contribution in [0.4, 0.5) is 24.7 Å². The Bertz CT molecular complexity index is 1320. The van der Waals surface area contributed by atoms with Crippen LogP contribution in [0.5, 0.6) is 0 Å². The van der Waals surface area contributed by atoms with E-state index >= 15 is 0 Å². The van der Waals surface area contributed by atoms with Crippen LogP contribution in [0.15, 0.2) is 42.5 Å². The van der Waals surface area contributed by atoms with Crippen molar-refractivity contribution in [3.8, 4) is 0 Å². The van der Waals surface area contributed by atoms with Gasteiger partial charge in [0, 0.05) is 24.3 Å². The lowest BCUT2D eigenvalue weighted by Gasteiger charge is -2.30. The van der Waals surface area contributed by atoms with Gasteiger partial charge in [-0.2, -0.15) is 13.2 Å². The summed E-state index contributed by atoms with van der Waals surface area (Å²) in [5.41, 5.74) is -0.329. The Hall–Kier alpha value is -4.22. The van der Waals surface area contributed by atoms with Crippen LogP contribution < -0.4 is 5.32 Å². The van der Waals surface area contributed by atoms with Crippen LogP contribution in [0.25, 0.3) is 11.0 Å². The van der Waals surface area contributed by atoms with E-state index in [9.17, 15) is 27.6 Å². The number of likely N-dealkylation sites (tertiary alicyclic amines) is 1. The molecule has 1 aromatic heterocycles. The van der Waals surface area contributed by atoms with E-state index in [0.29, 0.717) is 37.2 Å². The van der Waals surface area contributed by atoms with Crippen molar-refractivity contribution in [1.29, 1.82) is 0 Å². The van der Waals surface area contributed by atoms with Crippen LogP contribution in [-0.4, -0.2) is 58.0 Å². The first kappa shape index (κ1) is 24.9. The molecule has 1 amide bonds. The van der Waals surface area contributed by atoms with Gasteiger partial charge in [0.2, 0.25) is 0 Å². The SMILES string of the molecule is COC(=O)c1nc2ccc(C(F)(F)F)cc2nc1Nc1ccc(C(=O)N2CCC(C(=O)O)CC2)cc1. The quantitative estimate of drug-likeness (QED) is 0.500. The smallest absolute Gasteiger partial charge is 0.416 e. The van der Waals surface area contributed by atoms with E-state index in [1.54, 1.807) is 29.2 Å². The van der Waals surface area contributed by atoms with Gasteiger partial charge in [0.1, 0.15) is 0 Å². The summed E-state index contributed by atoms with van der Waals surface area (Å²) in [6.45, 7) is 0.676. The third-order valence-corrected chi connectivity index (χ3v) is 5.90. The van der Waals surface area contributed by atoms with Gasteiger partial charge in [-0.3, -0.25) is 9.59 Å². The highest BCUT2D eigenvalue weighted by Gasteiger charge is 2.31. The first-order chi connectivity index (χ1) is 17.1. The Morgan fingerprint density at radius 3 is 2.28 bits per heavy atom. The highest BCUT2D eigenvalue weighted by atomic mass is 19.4. The zero-order chi connectivity index (χ0) is 26.0. The lowest BCUT2D eigenvalue weighted by Crippen LogP contribution is -2.40. The summed E-state index contributed by atoms with van der Waals surface area (Å²) in [7, 11) is 1.14. The number of aromatic nitrogens is 2. The molecule has 9 nitrogen and oxygen atoms in total. The maximum Gasteiger partial charge on any atom is 0.416 e. The second-order valence-electron chi connectivity index (χ2n) is 8.22. The van der Waals surface area contributed by atoms with Gasteiger partial charge in [0.05, 0.1) is 29.6 Å². The largest absolute Gasteiger partial charge is 0.481 e. The van der Waals surface area contributed by atoms with Crippen LogP contribution in [-0.2, 0) is 15.7 Å². The molecule has 12 heteroatoms. The molecule has 0 saturated carbocycles. The molecule has 0 atom stereocenters. The first-order valence-corrected chi connectivity index (χ1v) is 10.9. The molecule has 0 unspecified atom stereocenters. The summed E-state index contributed by atoms with van der Waals surface area (Å²) in [6.07, 6.45) is -3.81.